The maximum absolute atomic E-state index is 14.1. The molecule has 100 valence electrons. The molecule has 0 fully saturated rings. The second-order valence-corrected chi connectivity index (χ2v) is 5.36. The Morgan fingerprint density at radius 1 is 1.28 bits per heavy atom. The maximum atomic E-state index is 14.1. The van der Waals surface area contributed by atoms with Gasteiger partial charge in [-0.25, -0.2) is 4.39 Å². The summed E-state index contributed by atoms with van der Waals surface area (Å²) in [6.07, 6.45) is 0. The van der Waals surface area contributed by atoms with Crippen molar-refractivity contribution in [1.29, 1.82) is 0 Å². The Kier molecular flexibility index (Phi) is 4.88. The van der Waals surface area contributed by atoms with E-state index in [-0.39, 0.29) is 17.6 Å². The van der Waals surface area contributed by atoms with E-state index in [1.54, 1.807) is 12.1 Å². The van der Waals surface area contributed by atoms with Crippen molar-refractivity contribution in [2.24, 2.45) is 5.92 Å². The minimum atomic E-state index is -0.322. The molecule has 0 aliphatic rings. The normalized spacial score (nSPS) is 11.1. The molecular weight excluding hydrogens is 229 g/mol. The largest absolute Gasteiger partial charge is 0.366 e. The molecule has 0 saturated carbocycles. The van der Waals surface area contributed by atoms with Crippen LogP contribution < -0.4 is 4.90 Å². The third-order valence-corrected chi connectivity index (χ3v) is 2.85. The first-order valence-electron chi connectivity index (χ1n) is 6.40. The van der Waals surface area contributed by atoms with Gasteiger partial charge in [-0.1, -0.05) is 13.8 Å². The zero-order valence-corrected chi connectivity index (χ0v) is 11.8. The lowest BCUT2D eigenvalue weighted by Gasteiger charge is -2.31. The molecule has 1 aromatic rings. The average molecular weight is 251 g/mol. The molecule has 2 nitrogen and oxygen atoms in total. The van der Waals surface area contributed by atoms with Gasteiger partial charge >= 0.3 is 0 Å². The molecule has 1 rings (SSSR count). The van der Waals surface area contributed by atoms with Crippen molar-refractivity contribution in [2.45, 2.75) is 40.7 Å². The van der Waals surface area contributed by atoms with Crippen molar-refractivity contribution in [3.63, 3.8) is 0 Å². The first kappa shape index (κ1) is 14.7. The number of Topliss-reactive ketones (excluding diaryl/α,β-unsaturated/α-hetero) is 1. The van der Waals surface area contributed by atoms with E-state index in [9.17, 15) is 9.18 Å². The van der Waals surface area contributed by atoms with E-state index in [0.717, 1.165) is 6.54 Å². The monoisotopic (exact) mass is 251 g/mol. The van der Waals surface area contributed by atoms with Gasteiger partial charge in [-0.2, -0.15) is 0 Å². The van der Waals surface area contributed by atoms with Crippen LogP contribution in [0.5, 0.6) is 0 Å². The third kappa shape index (κ3) is 3.56. The number of hydrogen-bond acceptors (Lipinski definition) is 2. The molecule has 0 aliphatic carbocycles. The van der Waals surface area contributed by atoms with Crippen LogP contribution in [0.1, 0.15) is 45.0 Å². The van der Waals surface area contributed by atoms with E-state index >= 15 is 0 Å². The number of ketones is 1. The quantitative estimate of drug-likeness (QED) is 0.740. The standard InChI is InChI=1S/C15H22FNO/c1-10(2)9-17(11(3)4)15-7-6-13(12(5)18)8-14(15)16/h6-8,10-11H,9H2,1-5H3. The van der Waals surface area contributed by atoms with Crippen LogP contribution in [0.25, 0.3) is 0 Å². The first-order valence-corrected chi connectivity index (χ1v) is 6.40. The number of carbonyl (C=O) groups is 1. The fraction of sp³-hybridized carbons (Fsp3) is 0.533. The lowest BCUT2D eigenvalue weighted by molar-refractivity contribution is 0.101. The fourth-order valence-corrected chi connectivity index (χ4v) is 1.94. The van der Waals surface area contributed by atoms with Crippen LogP contribution in [-0.4, -0.2) is 18.4 Å². The van der Waals surface area contributed by atoms with Gasteiger partial charge in [0.15, 0.2) is 5.78 Å². The predicted octanol–water partition coefficient (Wildman–Crippen LogP) is 3.90. The predicted molar refractivity (Wildman–Crippen MR) is 73.7 cm³/mol. The van der Waals surface area contributed by atoms with Gasteiger partial charge in [0, 0.05) is 18.2 Å². The number of halogens is 1. The van der Waals surface area contributed by atoms with Crippen molar-refractivity contribution in [2.75, 3.05) is 11.4 Å². The zero-order valence-electron chi connectivity index (χ0n) is 11.8. The van der Waals surface area contributed by atoms with Gasteiger partial charge in [-0.15, -0.1) is 0 Å². The molecule has 18 heavy (non-hydrogen) atoms. The number of rotatable bonds is 5. The topological polar surface area (TPSA) is 20.3 Å². The second-order valence-electron chi connectivity index (χ2n) is 5.36. The smallest absolute Gasteiger partial charge is 0.159 e. The van der Waals surface area contributed by atoms with Gasteiger partial charge < -0.3 is 4.90 Å². The summed E-state index contributed by atoms with van der Waals surface area (Å²) in [7, 11) is 0. The Balaban J connectivity index is 3.09. The van der Waals surface area contributed by atoms with E-state index in [4.69, 9.17) is 0 Å². The molecule has 0 heterocycles. The van der Waals surface area contributed by atoms with Gasteiger partial charge in [0.25, 0.3) is 0 Å². The first-order chi connectivity index (χ1) is 8.32. The molecular formula is C15H22FNO. The fourth-order valence-electron chi connectivity index (χ4n) is 1.94. The van der Waals surface area contributed by atoms with E-state index in [1.165, 1.54) is 13.0 Å². The lowest BCUT2D eigenvalue weighted by Crippen LogP contribution is -2.34. The molecule has 0 unspecified atom stereocenters. The van der Waals surface area contributed by atoms with Crippen molar-refractivity contribution < 1.29 is 9.18 Å². The third-order valence-electron chi connectivity index (χ3n) is 2.85. The van der Waals surface area contributed by atoms with Crippen molar-refractivity contribution in [1.82, 2.24) is 0 Å². The van der Waals surface area contributed by atoms with E-state index in [0.29, 0.717) is 17.2 Å². The molecule has 0 bridgehead atoms. The van der Waals surface area contributed by atoms with Gasteiger partial charge in [0.1, 0.15) is 5.82 Å². The summed E-state index contributed by atoms with van der Waals surface area (Å²) in [4.78, 5) is 13.2. The highest BCUT2D eigenvalue weighted by Gasteiger charge is 2.17. The molecule has 0 saturated heterocycles. The zero-order chi connectivity index (χ0) is 13.9. The molecule has 0 aromatic heterocycles. The summed E-state index contributed by atoms with van der Waals surface area (Å²) in [5.74, 6) is 0.0248. The van der Waals surface area contributed by atoms with Crippen molar-refractivity contribution in [3.05, 3.63) is 29.6 Å². The Hall–Kier alpha value is -1.38. The molecule has 0 radical (unpaired) electrons. The molecule has 1 aromatic carbocycles. The van der Waals surface area contributed by atoms with Gasteiger partial charge in [0.2, 0.25) is 0 Å². The average Bonchev–Trinajstić information content (AvgIpc) is 2.25. The Bertz CT molecular complexity index is 427. The van der Waals surface area contributed by atoms with Gasteiger partial charge in [-0.05, 0) is 44.9 Å². The summed E-state index contributed by atoms with van der Waals surface area (Å²) in [5.41, 5.74) is 0.994. The van der Waals surface area contributed by atoms with Crippen LogP contribution in [0, 0.1) is 11.7 Å². The van der Waals surface area contributed by atoms with Crippen molar-refractivity contribution in [3.8, 4) is 0 Å². The second kappa shape index (κ2) is 5.98. The minimum absolute atomic E-state index is 0.111. The molecule has 0 atom stereocenters. The summed E-state index contributed by atoms with van der Waals surface area (Å²) >= 11 is 0. The van der Waals surface area contributed by atoms with Crippen molar-refractivity contribution >= 4 is 11.5 Å². The van der Waals surface area contributed by atoms with Gasteiger partial charge in [0.05, 0.1) is 5.69 Å². The maximum Gasteiger partial charge on any atom is 0.159 e. The summed E-state index contributed by atoms with van der Waals surface area (Å²) in [5, 5.41) is 0. The summed E-state index contributed by atoms with van der Waals surface area (Å²) in [6.45, 7) is 10.5. The lowest BCUT2D eigenvalue weighted by atomic mass is 10.1. The van der Waals surface area contributed by atoms with Gasteiger partial charge in [-0.3, -0.25) is 4.79 Å². The highest BCUT2D eigenvalue weighted by molar-refractivity contribution is 5.94. The van der Waals surface area contributed by atoms with E-state index < -0.39 is 0 Å². The SMILES string of the molecule is CC(=O)c1ccc(N(CC(C)C)C(C)C)c(F)c1. The Labute approximate surface area is 109 Å². The highest BCUT2D eigenvalue weighted by Crippen LogP contribution is 2.24. The number of benzene rings is 1. The van der Waals surface area contributed by atoms with Crippen LogP contribution in [-0.2, 0) is 0 Å². The van der Waals surface area contributed by atoms with Crippen LogP contribution in [0.15, 0.2) is 18.2 Å². The summed E-state index contributed by atoms with van der Waals surface area (Å²) in [6, 6.07) is 4.95. The molecule has 0 spiro atoms. The Morgan fingerprint density at radius 2 is 1.89 bits per heavy atom. The van der Waals surface area contributed by atoms with Crippen LogP contribution in [0.4, 0.5) is 10.1 Å². The minimum Gasteiger partial charge on any atom is -0.366 e. The molecule has 0 N–H and O–H groups in total. The molecule has 0 aliphatic heterocycles. The molecule has 0 amide bonds. The summed E-state index contributed by atoms with van der Waals surface area (Å²) < 4.78 is 14.1. The number of nitrogens with zero attached hydrogens (tertiary/aromatic N) is 1. The number of hydrogen-bond donors (Lipinski definition) is 0. The van der Waals surface area contributed by atoms with E-state index in [2.05, 4.69) is 13.8 Å². The molecule has 3 heteroatoms. The number of carbonyl (C=O) groups excluding carboxylic acids is 1. The van der Waals surface area contributed by atoms with E-state index in [1.807, 2.05) is 18.7 Å². The Morgan fingerprint density at radius 3 is 2.28 bits per heavy atom. The highest BCUT2D eigenvalue weighted by atomic mass is 19.1. The van der Waals surface area contributed by atoms with Crippen LogP contribution in [0.3, 0.4) is 0 Å². The van der Waals surface area contributed by atoms with Crippen LogP contribution in [0.2, 0.25) is 0 Å². The number of anilines is 1. The van der Waals surface area contributed by atoms with Crippen LogP contribution >= 0.6 is 0 Å².